The van der Waals surface area contributed by atoms with Gasteiger partial charge < -0.3 is 10.0 Å². The maximum atomic E-state index is 12.2. The van der Waals surface area contributed by atoms with Gasteiger partial charge in [0.1, 0.15) is 0 Å². The first-order valence-electron chi connectivity index (χ1n) is 6.57. The molecule has 1 fully saturated rings. The Labute approximate surface area is 123 Å². The molecule has 1 amide bonds. The fourth-order valence-corrected chi connectivity index (χ4v) is 4.23. The minimum Gasteiger partial charge on any atom is -0.478 e. The van der Waals surface area contributed by atoms with Gasteiger partial charge in [0.15, 0.2) is 9.84 Å². The van der Waals surface area contributed by atoms with E-state index in [1.807, 2.05) is 0 Å². The van der Waals surface area contributed by atoms with Crippen molar-refractivity contribution in [3.8, 4) is 0 Å². The van der Waals surface area contributed by atoms with E-state index in [2.05, 4.69) is 0 Å². The Morgan fingerprint density at radius 1 is 1.33 bits per heavy atom. The standard InChI is InChI=1S/C14H17NO5S/c1-15(11-6-7-21(19,20)9-11)13(16)8-10-4-2-3-5-12(10)14(17)18/h2-5,11H,6-9H2,1H3,(H,17,18). The monoisotopic (exact) mass is 311 g/mol. The summed E-state index contributed by atoms with van der Waals surface area (Å²) in [5.74, 6) is -1.27. The van der Waals surface area contributed by atoms with Crippen molar-refractivity contribution in [1.29, 1.82) is 0 Å². The predicted molar refractivity (Wildman–Crippen MR) is 76.9 cm³/mol. The molecule has 21 heavy (non-hydrogen) atoms. The molecular weight excluding hydrogens is 294 g/mol. The molecular formula is C14H17NO5S. The van der Waals surface area contributed by atoms with Crippen LogP contribution in [-0.2, 0) is 21.1 Å². The number of nitrogens with zero attached hydrogens (tertiary/aromatic N) is 1. The molecule has 1 aromatic rings. The Hall–Kier alpha value is -1.89. The topological polar surface area (TPSA) is 91.8 Å². The SMILES string of the molecule is CN(C(=O)Cc1ccccc1C(=O)O)C1CCS(=O)(=O)C1. The number of rotatable bonds is 4. The second-order valence-corrected chi connectivity index (χ2v) is 7.43. The summed E-state index contributed by atoms with van der Waals surface area (Å²) in [5, 5.41) is 9.09. The summed E-state index contributed by atoms with van der Waals surface area (Å²) in [6.45, 7) is 0. The number of benzene rings is 1. The lowest BCUT2D eigenvalue weighted by molar-refractivity contribution is -0.130. The molecule has 7 heteroatoms. The van der Waals surface area contributed by atoms with Gasteiger partial charge in [-0.1, -0.05) is 18.2 Å². The van der Waals surface area contributed by atoms with E-state index in [0.717, 1.165) is 0 Å². The number of carboxylic acids is 1. The zero-order valence-electron chi connectivity index (χ0n) is 11.7. The fourth-order valence-electron chi connectivity index (χ4n) is 2.46. The van der Waals surface area contributed by atoms with E-state index in [1.54, 1.807) is 25.2 Å². The summed E-state index contributed by atoms with van der Waals surface area (Å²) in [6.07, 6.45) is 0.390. The maximum absolute atomic E-state index is 12.2. The van der Waals surface area contributed by atoms with Crippen LogP contribution < -0.4 is 0 Å². The predicted octanol–water partition coefficient (Wildman–Crippen LogP) is 0.573. The first-order valence-corrected chi connectivity index (χ1v) is 8.39. The van der Waals surface area contributed by atoms with E-state index in [-0.39, 0.29) is 35.4 Å². The van der Waals surface area contributed by atoms with Gasteiger partial charge in [0, 0.05) is 13.1 Å². The molecule has 0 bridgehead atoms. The van der Waals surface area contributed by atoms with Crippen LogP contribution in [0.2, 0.25) is 0 Å². The van der Waals surface area contributed by atoms with Crippen molar-refractivity contribution < 1.29 is 23.1 Å². The van der Waals surface area contributed by atoms with Crippen molar-refractivity contribution in [2.75, 3.05) is 18.6 Å². The van der Waals surface area contributed by atoms with Crippen LogP contribution in [0.3, 0.4) is 0 Å². The van der Waals surface area contributed by atoms with Gasteiger partial charge in [0.25, 0.3) is 0 Å². The molecule has 1 aromatic carbocycles. The number of carboxylic acid groups (broad SMARTS) is 1. The van der Waals surface area contributed by atoms with Gasteiger partial charge in [-0.15, -0.1) is 0 Å². The van der Waals surface area contributed by atoms with Gasteiger partial charge in [-0.05, 0) is 18.1 Å². The summed E-state index contributed by atoms with van der Waals surface area (Å²) in [6, 6.07) is 6.00. The summed E-state index contributed by atoms with van der Waals surface area (Å²) >= 11 is 0. The lowest BCUT2D eigenvalue weighted by atomic mass is 10.0. The molecule has 1 aliphatic rings. The highest BCUT2D eigenvalue weighted by molar-refractivity contribution is 7.91. The molecule has 0 aliphatic carbocycles. The number of hydrogen-bond donors (Lipinski definition) is 1. The number of amides is 1. The Bertz CT molecular complexity index is 668. The highest BCUT2D eigenvalue weighted by Crippen LogP contribution is 2.18. The minimum absolute atomic E-state index is 0.0180. The van der Waals surface area contributed by atoms with E-state index in [9.17, 15) is 18.0 Å². The molecule has 1 N–H and O–H groups in total. The smallest absolute Gasteiger partial charge is 0.335 e. The van der Waals surface area contributed by atoms with Crippen molar-refractivity contribution in [2.24, 2.45) is 0 Å². The second-order valence-electron chi connectivity index (χ2n) is 5.20. The maximum Gasteiger partial charge on any atom is 0.335 e. The molecule has 114 valence electrons. The van der Waals surface area contributed by atoms with Crippen LogP contribution in [-0.4, -0.2) is 54.9 Å². The van der Waals surface area contributed by atoms with E-state index in [1.165, 1.54) is 11.0 Å². The number of carbonyl (C=O) groups is 2. The number of likely N-dealkylation sites (N-methyl/N-ethyl adjacent to an activating group) is 1. The summed E-state index contributed by atoms with van der Waals surface area (Å²) in [7, 11) is -1.49. The average molecular weight is 311 g/mol. The molecule has 1 heterocycles. The average Bonchev–Trinajstić information content (AvgIpc) is 2.78. The van der Waals surface area contributed by atoms with Gasteiger partial charge in [0.05, 0.1) is 23.5 Å². The van der Waals surface area contributed by atoms with Crippen LogP contribution in [0.25, 0.3) is 0 Å². The number of hydrogen-bond acceptors (Lipinski definition) is 4. The Morgan fingerprint density at radius 2 is 2.00 bits per heavy atom. The van der Waals surface area contributed by atoms with Crippen LogP contribution in [0.5, 0.6) is 0 Å². The fraction of sp³-hybridized carbons (Fsp3) is 0.429. The first-order chi connectivity index (χ1) is 9.80. The molecule has 0 saturated carbocycles. The first kappa shape index (κ1) is 15.5. The van der Waals surface area contributed by atoms with Gasteiger partial charge in [0.2, 0.25) is 5.91 Å². The highest BCUT2D eigenvalue weighted by Gasteiger charge is 2.32. The van der Waals surface area contributed by atoms with E-state index in [4.69, 9.17) is 5.11 Å². The number of carbonyl (C=O) groups excluding carboxylic acids is 1. The zero-order chi connectivity index (χ0) is 15.6. The Kier molecular flexibility index (Phi) is 4.32. The zero-order valence-corrected chi connectivity index (χ0v) is 12.5. The molecule has 1 aliphatic heterocycles. The molecule has 1 atom stereocenters. The minimum atomic E-state index is -3.06. The van der Waals surface area contributed by atoms with Crippen molar-refractivity contribution in [2.45, 2.75) is 18.9 Å². The van der Waals surface area contributed by atoms with E-state index in [0.29, 0.717) is 12.0 Å². The van der Waals surface area contributed by atoms with Crippen LogP contribution in [0.4, 0.5) is 0 Å². The highest BCUT2D eigenvalue weighted by atomic mass is 32.2. The van der Waals surface area contributed by atoms with E-state index < -0.39 is 15.8 Å². The largest absolute Gasteiger partial charge is 0.478 e. The number of sulfone groups is 1. The Balaban J connectivity index is 2.10. The molecule has 0 spiro atoms. The quantitative estimate of drug-likeness (QED) is 0.878. The third-order valence-electron chi connectivity index (χ3n) is 3.74. The molecule has 1 unspecified atom stereocenters. The lowest BCUT2D eigenvalue weighted by Gasteiger charge is -2.23. The summed E-state index contributed by atoms with van der Waals surface area (Å²) in [4.78, 5) is 24.8. The van der Waals surface area contributed by atoms with Crippen molar-refractivity contribution in [1.82, 2.24) is 4.90 Å². The third-order valence-corrected chi connectivity index (χ3v) is 5.49. The van der Waals surface area contributed by atoms with Gasteiger partial charge in [-0.2, -0.15) is 0 Å². The molecule has 2 rings (SSSR count). The van der Waals surface area contributed by atoms with E-state index >= 15 is 0 Å². The van der Waals surface area contributed by atoms with Gasteiger partial charge in [-0.3, -0.25) is 4.79 Å². The lowest BCUT2D eigenvalue weighted by Crippen LogP contribution is -2.38. The Morgan fingerprint density at radius 3 is 2.57 bits per heavy atom. The van der Waals surface area contributed by atoms with Crippen LogP contribution in [0.15, 0.2) is 24.3 Å². The van der Waals surface area contributed by atoms with Crippen molar-refractivity contribution in [3.05, 3.63) is 35.4 Å². The second kappa shape index (κ2) is 5.85. The summed E-state index contributed by atoms with van der Waals surface area (Å²) in [5.41, 5.74) is 0.529. The van der Waals surface area contributed by atoms with Crippen LogP contribution >= 0.6 is 0 Å². The summed E-state index contributed by atoms with van der Waals surface area (Å²) < 4.78 is 22.9. The number of aromatic carboxylic acids is 1. The normalized spacial score (nSPS) is 20.1. The molecule has 1 saturated heterocycles. The molecule has 0 radical (unpaired) electrons. The van der Waals surface area contributed by atoms with Gasteiger partial charge in [-0.25, -0.2) is 13.2 Å². The third kappa shape index (κ3) is 3.60. The molecule has 0 aromatic heterocycles. The van der Waals surface area contributed by atoms with Crippen LogP contribution in [0, 0.1) is 0 Å². The van der Waals surface area contributed by atoms with Gasteiger partial charge >= 0.3 is 5.97 Å². The van der Waals surface area contributed by atoms with Crippen LogP contribution in [0.1, 0.15) is 22.3 Å². The van der Waals surface area contributed by atoms with Crippen molar-refractivity contribution >= 4 is 21.7 Å². The van der Waals surface area contributed by atoms with Crippen molar-refractivity contribution in [3.63, 3.8) is 0 Å². The molecule has 6 nitrogen and oxygen atoms in total.